The van der Waals surface area contributed by atoms with Crippen LogP contribution in [-0.4, -0.2) is 12.6 Å². The Balaban J connectivity index is 3.10. The van der Waals surface area contributed by atoms with Crippen LogP contribution in [0.3, 0.4) is 0 Å². The van der Waals surface area contributed by atoms with Crippen molar-refractivity contribution in [3.05, 3.63) is 24.3 Å². The molecule has 2 nitrogen and oxygen atoms in total. The highest BCUT2D eigenvalue weighted by atomic mass is 16.1. The number of allylic oxidation sites excluding steroid dienone is 4. The minimum absolute atomic E-state index is 0.705. The number of carbonyl (C=O) groups is 2. The number of hydrogen-bond acceptors (Lipinski definition) is 2. The molecule has 0 bridgehead atoms. The Labute approximate surface area is 92.1 Å². The molecule has 0 saturated heterocycles. The van der Waals surface area contributed by atoms with E-state index in [1.54, 1.807) is 6.08 Å². The molecule has 0 fully saturated rings. The van der Waals surface area contributed by atoms with E-state index in [1.165, 1.54) is 25.3 Å². The highest BCUT2D eigenvalue weighted by molar-refractivity contribution is 5.65. The summed E-state index contributed by atoms with van der Waals surface area (Å²) < 4.78 is 0. The SMILES string of the molecule is O=CC=CC=CCCCCCCCC=O. The van der Waals surface area contributed by atoms with Crippen LogP contribution in [0.1, 0.15) is 44.9 Å². The fourth-order valence-electron chi connectivity index (χ4n) is 1.30. The molecule has 0 aliphatic carbocycles. The van der Waals surface area contributed by atoms with Crippen LogP contribution in [0.5, 0.6) is 0 Å². The fourth-order valence-corrected chi connectivity index (χ4v) is 1.30. The Morgan fingerprint density at radius 1 is 0.667 bits per heavy atom. The number of unbranched alkanes of at least 4 members (excludes halogenated alkanes) is 6. The lowest BCUT2D eigenvalue weighted by Gasteiger charge is -1.96. The summed E-state index contributed by atoms with van der Waals surface area (Å²) in [5.74, 6) is 0. The van der Waals surface area contributed by atoms with Crippen LogP contribution in [0.15, 0.2) is 24.3 Å². The van der Waals surface area contributed by atoms with Gasteiger partial charge in [0.1, 0.15) is 12.6 Å². The summed E-state index contributed by atoms with van der Waals surface area (Å²) >= 11 is 0. The summed E-state index contributed by atoms with van der Waals surface area (Å²) in [5, 5.41) is 0. The molecule has 0 aromatic carbocycles. The van der Waals surface area contributed by atoms with Crippen LogP contribution in [0, 0.1) is 0 Å². The summed E-state index contributed by atoms with van der Waals surface area (Å²) in [6.45, 7) is 0. The third kappa shape index (κ3) is 12.8. The molecule has 2 heteroatoms. The van der Waals surface area contributed by atoms with Crippen molar-refractivity contribution < 1.29 is 9.59 Å². The summed E-state index contributed by atoms with van der Waals surface area (Å²) in [6, 6.07) is 0. The van der Waals surface area contributed by atoms with E-state index in [9.17, 15) is 9.59 Å². The minimum Gasteiger partial charge on any atom is -0.303 e. The van der Waals surface area contributed by atoms with Gasteiger partial charge in [-0.2, -0.15) is 0 Å². The van der Waals surface area contributed by atoms with Crippen LogP contribution in [0.4, 0.5) is 0 Å². The number of carbonyl (C=O) groups excluding carboxylic acids is 2. The van der Waals surface area contributed by atoms with Gasteiger partial charge >= 0.3 is 0 Å². The minimum atomic E-state index is 0.705. The molecule has 0 aromatic rings. The highest BCUT2D eigenvalue weighted by Crippen LogP contribution is 2.06. The van der Waals surface area contributed by atoms with Gasteiger partial charge in [0.05, 0.1) is 0 Å². The van der Waals surface area contributed by atoms with Crippen molar-refractivity contribution in [1.82, 2.24) is 0 Å². The predicted molar refractivity (Wildman–Crippen MR) is 62.7 cm³/mol. The topological polar surface area (TPSA) is 34.1 Å². The zero-order chi connectivity index (χ0) is 11.2. The van der Waals surface area contributed by atoms with E-state index in [0.29, 0.717) is 6.42 Å². The van der Waals surface area contributed by atoms with E-state index in [-0.39, 0.29) is 0 Å². The predicted octanol–water partition coefficient (Wildman–Crippen LogP) is 3.23. The number of hydrogen-bond donors (Lipinski definition) is 0. The highest BCUT2D eigenvalue weighted by Gasteiger charge is 1.88. The summed E-state index contributed by atoms with van der Waals surface area (Å²) in [5.41, 5.74) is 0. The quantitative estimate of drug-likeness (QED) is 0.239. The molecule has 0 N–H and O–H groups in total. The van der Waals surface area contributed by atoms with E-state index in [4.69, 9.17) is 0 Å². The zero-order valence-electron chi connectivity index (χ0n) is 9.23. The van der Waals surface area contributed by atoms with E-state index < -0.39 is 0 Å². The van der Waals surface area contributed by atoms with Gasteiger partial charge in [-0.1, -0.05) is 37.5 Å². The lowest BCUT2D eigenvalue weighted by molar-refractivity contribution is -0.108. The van der Waals surface area contributed by atoms with Crippen molar-refractivity contribution in [2.45, 2.75) is 44.9 Å². The first-order valence-corrected chi connectivity index (χ1v) is 5.62. The molecule has 0 aromatic heterocycles. The maximum atomic E-state index is 10.0. The van der Waals surface area contributed by atoms with Gasteiger partial charge in [-0.05, 0) is 25.3 Å². The van der Waals surface area contributed by atoms with Gasteiger partial charge in [0, 0.05) is 6.42 Å². The molecular weight excluding hydrogens is 188 g/mol. The molecule has 0 saturated carbocycles. The zero-order valence-corrected chi connectivity index (χ0v) is 9.23. The van der Waals surface area contributed by atoms with Crippen molar-refractivity contribution >= 4 is 12.6 Å². The van der Waals surface area contributed by atoms with Gasteiger partial charge < -0.3 is 4.79 Å². The average Bonchev–Trinajstić information content (AvgIpc) is 2.26. The lowest BCUT2D eigenvalue weighted by atomic mass is 10.1. The van der Waals surface area contributed by atoms with Gasteiger partial charge in [-0.15, -0.1) is 0 Å². The third-order valence-electron chi connectivity index (χ3n) is 2.13. The second-order valence-corrected chi connectivity index (χ2v) is 3.46. The summed E-state index contributed by atoms with van der Waals surface area (Å²) in [6.07, 6.45) is 16.6. The van der Waals surface area contributed by atoms with E-state index in [2.05, 4.69) is 6.08 Å². The summed E-state index contributed by atoms with van der Waals surface area (Å²) in [7, 11) is 0. The standard InChI is InChI=1S/C13H20O2/c14-12-10-8-6-4-2-1-3-5-7-9-11-13-15/h4,6,8,10,12-13H,1-3,5,7,9,11H2. The lowest BCUT2D eigenvalue weighted by Crippen LogP contribution is -1.79. The average molecular weight is 208 g/mol. The Hall–Kier alpha value is -1.18. The van der Waals surface area contributed by atoms with Crippen molar-refractivity contribution in [3.63, 3.8) is 0 Å². The Morgan fingerprint density at radius 3 is 2.00 bits per heavy atom. The van der Waals surface area contributed by atoms with Gasteiger partial charge in [0.25, 0.3) is 0 Å². The van der Waals surface area contributed by atoms with Crippen LogP contribution < -0.4 is 0 Å². The maximum Gasteiger partial charge on any atom is 0.142 e. The monoisotopic (exact) mass is 208 g/mol. The fraction of sp³-hybridized carbons (Fsp3) is 0.538. The molecule has 0 heterocycles. The molecule has 0 atom stereocenters. The van der Waals surface area contributed by atoms with Gasteiger partial charge in [-0.3, -0.25) is 4.79 Å². The molecule has 0 rings (SSSR count). The molecule has 0 spiro atoms. The van der Waals surface area contributed by atoms with Crippen molar-refractivity contribution in [2.75, 3.05) is 0 Å². The van der Waals surface area contributed by atoms with Crippen LogP contribution in [-0.2, 0) is 9.59 Å². The van der Waals surface area contributed by atoms with Crippen LogP contribution >= 0.6 is 0 Å². The van der Waals surface area contributed by atoms with Gasteiger partial charge in [0.15, 0.2) is 0 Å². The van der Waals surface area contributed by atoms with Gasteiger partial charge in [0.2, 0.25) is 0 Å². The van der Waals surface area contributed by atoms with Crippen molar-refractivity contribution in [2.24, 2.45) is 0 Å². The van der Waals surface area contributed by atoms with E-state index in [0.717, 1.165) is 31.8 Å². The largest absolute Gasteiger partial charge is 0.303 e. The molecular formula is C13H20O2. The first kappa shape index (κ1) is 13.8. The molecule has 0 aliphatic rings. The maximum absolute atomic E-state index is 10.0. The van der Waals surface area contributed by atoms with Crippen molar-refractivity contribution in [3.8, 4) is 0 Å². The van der Waals surface area contributed by atoms with Gasteiger partial charge in [-0.25, -0.2) is 0 Å². The number of aldehydes is 2. The summed E-state index contributed by atoms with van der Waals surface area (Å²) in [4.78, 5) is 19.9. The Morgan fingerprint density at radius 2 is 1.33 bits per heavy atom. The first-order valence-electron chi connectivity index (χ1n) is 5.62. The molecule has 0 aliphatic heterocycles. The molecule has 0 unspecified atom stereocenters. The molecule has 84 valence electrons. The molecule has 15 heavy (non-hydrogen) atoms. The van der Waals surface area contributed by atoms with Crippen molar-refractivity contribution in [1.29, 1.82) is 0 Å². The van der Waals surface area contributed by atoms with Crippen LogP contribution in [0.25, 0.3) is 0 Å². The third-order valence-corrected chi connectivity index (χ3v) is 2.13. The Kier molecular flexibility index (Phi) is 11.8. The van der Waals surface area contributed by atoms with Crippen LogP contribution in [0.2, 0.25) is 0 Å². The normalized spacial score (nSPS) is 11.2. The second-order valence-electron chi connectivity index (χ2n) is 3.46. The van der Waals surface area contributed by atoms with E-state index in [1.807, 2.05) is 6.08 Å². The second kappa shape index (κ2) is 12.8. The Bertz CT molecular complexity index is 205. The number of rotatable bonds is 10. The van der Waals surface area contributed by atoms with E-state index >= 15 is 0 Å². The smallest absolute Gasteiger partial charge is 0.142 e. The molecule has 0 amide bonds. The first-order chi connectivity index (χ1) is 7.41. The molecule has 0 radical (unpaired) electrons.